The number of hydrogen-bond acceptors (Lipinski definition) is 3. The largest absolute Gasteiger partial charge is 0.488 e. The van der Waals surface area contributed by atoms with Crippen molar-refractivity contribution in [3.05, 3.63) is 70.9 Å². The maximum absolute atomic E-state index is 12.8. The van der Waals surface area contributed by atoms with E-state index in [2.05, 4.69) is 79.8 Å². The van der Waals surface area contributed by atoms with Gasteiger partial charge in [0.05, 0.1) is 9.26 Å². The zero-order valence-corrected chi connectivity index (χ0v) is 20.3. The summed E-state index contributed by atoms with van der Waals surface area (Å²) in [5, 5.41) is 1.26. The van der Waals surface area contributed by atoms with Crippen LogP contribution in [-0.2, 0) is 9.59 Å². The molecule has 1 N–H and O–H groups in total. The molecule has 2 aromatic rings. The van der Waals surface area contributed by atoms with Crippen LogP contribution in [0.1, 0.15) is 5.56 Å². The van der Waals surface area contributed by atoms with Gasteiger partial charge in [-0.2, -0.15) is 0 Å². The minimum atomic E-state index is -0.443. The lowest BCUT2D eigenvalue weighted by atomic mass is 10.1. The Morgan fingerprint density at radius 2 is 1.78 bits per heavy atom. The second kappa shape index (κ2) is 8.90. The van der Waals surface area contributed by atoms with Crippen molar-refractivity contribution in [1.82, 2.24) is 5.43 Å². The number of ether oxygens (including phenoxy) is 1. The minimum Gasteiger partial charge on any atom is -0.488 e. The zero-order chi connectivity index (χ0) is 19.6. The first-order valence-electron chi connectivity index (χ1n) is 7.76. The number of rotatable bonds is 5. The molecule has 8 heteroatoms. The highest BCUT2D eigenvalue weighted by molar-refractivity contribution is 14.1. The van der Waals surface area contributed by atoms with Crippen LogP contribution in [0.2, 0.25) is 0 Å². The number of amides is 2. The van der Waals surface area contributed by atoms with Gasteiger partial charge in [0.25, 0.3) is 11.8 Å². The number of anilines is 1. The Labute approximate surface area is 197 Å². The van der Waals surface area contributed by atoms with E-state index in [0.29, 0.717) is 23.6 Å². The van der Waals surface area contributed by atoms with Gasteiger partial charge in [0, 0.05) is 12.7 Å². The first kappa shape index (κ1) is 20.6. The molecule has 1 aliphatic heterocycles. The molecule has 0 aromatic heterocycles. The molecule has 0 atom stereocenters. The molecule has 3 rings (SSSR count). The van der Waals surface area contributed by atoms with E-state index >= 15 is 0 Å². The molecule has 2 aromatic carbocycles. The Kier molecular flexibility index (Phi) is 6.78. The van der Waals surface area contributed by atoms with Crippen molar-refractivity contribution in [1.29, 1.82) is 0 Å². The van der Waals surface area contributed by atoms with Crippen LogP contribution in [0.4, 0.5) is 5.69 Å². The summed E-state index contributed by atoms with van der Waals surface area (Å²) in [7, 11) is 0. The highest BCUT2D eigenvalue weighted by atomic mass is 127. The molecule has 0 aliphatic carbocycles. The zero-order valence-electron chi connectivity index (χ0n) is 13.8. The van der Waals surface area contributed by atoms with E-state index in [4.69, 9.17) is 4.74 Å². The van der Waals surface area contributed by atoms with E-state index in [9.17, 15) is 9.59 Å². The van der Waals surface area contributed by atoms with Crippen LogP contribution >= 0.6 is 67.8 Å². The normalized spacial score (nSPS) is 15.2. The van der Waals surface area contributed by atoms with Crippen LogP contribution in [0.3, 0.4) is 0 Å². The summed E-state index contributed by atoms with van der Waals surface area (Å²) in [4.78, 5) is 25.2. The number of nitrogens with zero attached hydrogens (tertiary/aromatic N) is 1. The molecule has 0 radical (unpaired) electrons. The molecule has 1 saturated heterocycles. The fourth-order valence-corrected chi connectivity index (χ4v) is 4.87. The van der Waals surface area contributed by atoms with E-state index in [1.165, 1.54) is 5.01 Å². The first-order valence-corrected chi connectivity index (χ1v) is 11.0. The van der Waals surface area contributed by atoms with Crippen LogP contribution in [0.15, 0.2) is 54.6 Å². The summed E-state index contributed by atoms with van der Waals surface area (Å²) in [5.41, 5.74) is 3.97. The quantitative estimate of drug-likeness (QED) is 0.217. The third kappa shape index (κ3) is 4.65. The third-order valence-electron chi connectivity index (χ3n) is 3.66. The van der Waals surface area contributed by atoms with Gasteiger partial charge in [-0.15, -0.1) is 0 Å². The molecule has 138 valence electrons. The predicted molar refractivity (Wildman–Crippen MR) is 130 cm³/mol. The number of carbonyl (C=O) groups excluding carboxylic acids is 2. The summed E-state index contributed by atoms with van der Waals surface area (Å²) in [5.74, 6) is -0.219. The van der Waals surface area contributed by atoms with Crippen LogP contribution in [0, 0.1) is 10.7 Å². The summed E-state index contributed by atoms with van der Waals surface area (Å²) in [6, 6.07) is 11.2. The minimum absolute atomic E-state index is 0.0646. The van der Waals surface area contributed by atoms with Crippen molar-refractivity contribution < 1.29 is 14.3 Å². The van der Waals surface area contributed by atoms with Gasteiger partial charge in [-0.25, -0.2) is 5.01 Å². The van der Waals surface area contributed by atoms with Gasteiger partial charge in [-0.3, -0.25) is 15.0 Å². The van der Waals surface area contributed by atoms with Gasteiger partial charge in [0.2, 0.25) is 0 Å². The molecule has 1 fully saturated rings. The van der Waals surface area contributed by atoms with Crippen molar-refractivity contribution >= 4 is 91.4 Å². The van der Waals surface area contributed by atoms with Crippen molar-refractivity contribution in [3.63, 3.8) is 0 Å². The van der Waals surface area contributed by atoms with Gasteiger partial charge < -0.3 is 4.74 Å². The number of hydrazine groups is 1. The smallest absolute Gasteiger partial charge is 0.282 e. The van der Waals surface area contributed by atoms with Gasteiger partial charge in [0.15, 0.2) is 0 Å². The fourth-order valence-electron chi connectivity index (χ4n) is 2.47. The molecule has 0 unspecified atom stereocenters. The second-order valence-electron chi connectivity index (χ2n) is 5.52. The van der Waals surface area contributed by atoms with E-state index in [-0.39, 0.29) is 5.57 Å². The lowest BCUT2D eigenvalue weighted by molar-refractivity contribution is -0.117. The number of benzene rings is 2. The Hall–Kier alpha value is -1.15. The summed E-state index contributed by atoms with van der Waals surface area (Å²) in [6.45, 7) is 3.99. The molecule has 2 amide bonds. The van der Waals surface area contributed by atoms with Gasteiger partial charge in [-0.05, 0) is 110 Å². The second-order valence-corrected chi connectivity index (χ2v) is 9.18. The van der Waals surface area contributed by atoms with Crippen molar-refractivity contribution in [2.75, 3.05) is 11.6 Å². The van der Waals surface area contributed by atoms with E-state index in [1.807, 2.05) is 24.3 Å². The monoisotopic (exact) mass is 698 g/mol. The maximum Gasteiger partial charge on any atom is 0.282 e. The number of carbonyl (C=O) groups is 2. The number of nitrogens with one attached hydrogen (secondary N) is 1. The lowest BCUT2D eigenvalue weighted by Crippen LogP contribution is -2.35. The predicted octanol–water partition coefficient (Wildman–Crippen LogP) is 4.53. The average Bonchev–Trinajstić information content (AvgIpc) is 2.90. The maximum atomic E-state index is 12.8. The summed E-state index contributed by atoms with van der Waals surface area (Å²) >= 11 is 6.55. The molecule has 27 heavy (non-hydrogen) atoms. The summed E-state index contributed by atoms with van der Waals surface area (Å²) < 4.78 is 8.67. The van der Waals surface area contributed by atoms with Crippen molar-refractivity contribution in [3.8, 4) is 5.75 Å². The third-order valence-corrected chi connectivity index (χ3v) is 5.80. The lowest BCUT2D eigenvalue weighted by Gasteiger charge is -2.14. The van der Waals surface area contributed by atoms with Gasteiger partial charge in [-0.1, -0.05) is 12.7 Å². The van der Waals surface area contributed by atoms with E-state index < -0.39 is 11.8 Å². The van der Waals surface area contributed by atoms with Crippen LogP contribution in [0.5, 0.6) is 5.75 Å². The van der Waals surface area contributed by atoms with Crippen LogP contribution in [0.25, 0.3) is 6.08 Å². The highest BCUT2D eigenvalue weighted by Crippen LogP contribution is 2.31. The van der Waals surface area contributed by atoms with Crippen LogP contribution < -0.4 is 15.2 Å². The number of halogens is 3. The average molecular weight is 698 g/mol. The Morgan fingerprint density at radius 3 is 2.44 bits per heavy atom. The first-order chi connectivity index (χ1) is 12.9. The Balaban J connectivity index is 1.99. The van der Waals surface area contributed by atoms with Crippen LogP contribution in [-0.4, -0.2) is 18.4 Å². The van der Waals surface area contributed by atoms with Crippen molar-refractivity contribution in [2.45, 2.75) is 0 Å². The fraction of sp³-hybridized carbons (Fsp3) is 0.0526. The molecule has 0 bridgehead atoms. The summed E-state index contributed by atoms with van der Waals surface area (Å²) in [6.07, 6.45) is 3.23. The van der Waals surface area contributed by atoms with Gasteiger partial charge in [0.1, 0.15) is 17.9 Å². The molecule has 1 aliphatic rings. The highest BCUT2D eigenvalue weighted by Gasteiger charge is 2.34. The van der Waals surface area contributed by atoms with Gasteiger partial charge >= 0.3 is 0 Å². The van der Waals surface area contributed by atoms with E-state index in [1.54, 1.807) is 24.3 Å². The molecule has 5 nitrogen and oxygen atoms in total. The Morgan fingerprint density at radius 1 is 1.07 bits per heavy atom. The Bertz CT molecular complexity index is 955. The van der Waals surface area contributed by atoms with Crippen molar-refractivity contribution in [2.24, 2.45) is 0 Å². The molecule has 0 spiro atoms. The van der Waals surface area contributed by atoms with E-state index in [0.717, 1.165) is 10.7 Å². The molecule has 1 heterocycles. The molecular formula is C19H13I3N2O3. The molecule has 0 saturated carbocycles. The topological polar surface area (TPSA) is 58.6 Å². The standard InChI is InChI=1S/C19H13I3N2O3/c1-2-7-27-17-11(8-13(21)10-16(17)22)9-15-18(25)23-24(19(15)26)14-5-3-12(20)4-6-14/h2-6,8-10H,1,7H2,(H,23,25)/b15-9+. The number of hydrogen-bond donors (Lipinski definition) is 1. The molecular weight excluding hydrogens is 685 g/mol. The SMILES string of the molecule is C=CCOc1c(I)cc(I)cc1/C=C1\C(=O)NN(c2ccc(I)cc2)C1=O.